The standard InChI is InChI=1S/C24H27Cl2FN6O/c1-32-4-6-33(7-5-32)8-9-34-21-11-20-17(10-16(21)15-12-28-13-15)24(30-14-29-20)31-19-3-2-18(25)22(26)23(19)27/h2-3,10-11,14-15,28H,4-9,12-13H2,1H3,(H,29,30,31). The van der Waals surface area contributed by atoms with Crippen molar-refractivity contribution in [3.8, 4) is 5.75 Å². The first-order valence-corrected chi connectivity index (χ1v) is 12.2. The summed E-state index contributed by atoms with van der Waals surface area (Å²) >= 11 is 11.9. The van der Waals surface area contributed by atoms with Gasteiger partial charge in [0.15, 0.2) is 5.82 Å². The summed E-state index contributed by atoms with van der Waals surface area (Å²) in [6.45, 7) is 7.57. The van der Waals surface area contributed by atoms with E-state index in [1.165, 1.54) is 6.33 Å². The van der Waals surface area contributed by atoms with E-state index < -0.39 is 5.82 Å². The Bertz CT molecular complexity index is 1180. The maximum absolute atomic E-state index is 14.6. The lowest BCUT2D eigenvalue weighted by atomic mass is 9.91. The third-order valence-electron chi connectivity index (χ3n) is 6.54. The van der Waals surface area contributed by atoms with Gasteiger partial charge in [-0.3, -0.25) is 4.90 Å². The zero-order valence-electron chi connectivity index (χ0n) is 19.0. The molecule has 1 aromatic heterocycles. The van der Waals surface area contributed by atoms with Crippen LogP contribution in [0.15, 0.2) is 30.6 Å². The molecule has 180 valence electrons. The zero-order chi connectivity index (χ0) is 23.7. The number of hydrogen-bond acceptors (Lipinski definition) is 7. The molecule has 0 amide bonds. The minimum atomic E-state index is -0.617. The quantitative estimate of drug-likeness (QED) is 0.468. The fourth-order valence-corrected chi connectivity index (χ4v) is 4.57. The Morgan fingerprint density at radius 1 is 1.15 bits per heavy atom. The van der Waals surface area contributed by atoms with Crippen molar-refractivity contribution in [3.05, 3.63) is 52.0 Å². The molecule has 10 heteroatoms. The summed E-state index contributed by atoms with van der Waals surface area (Å²) in [5, 5.41) is 7.22. The lowest BCUT2D eigenvalue weighted by Crippen LogP contribution is -2.45. The molecule has 2 aliphatic heterocycles. The lowest BCUT2D eigenvalue weighted by Gasteiger charge is -2.32. The van der Waals surface area contributed by atoms with Gasteiger partial charge >= 0.3 is 0 Å². The Morgan fingerprint density at radius 3 is 2.68 bits per heavy atom. The third-order valence-corrected chi connectivity index (χ3v) is 7.32. The molecule has 3 heterocycles. The molecule has 0 atom stereocenters. The van der Waals surface area contributed by atoms with E-state index in [9.17, 15) is 4.39 Å². The van der Waals surface area contributed by atoms with Gasteiger partial charge < -0.3 is 20.3 Å². The lowest BCUT2D eigenvalue weighted by molar-refractivity contribution is 0.133. The van der Waals surface area contributed by atoms with E-state index in [-0.39, 0.29) is 15.7 Å². The van der Waals surface area contributed by atoms with Gasteiger partial charge in [0.25, 0.3) is 0 Å². The molecule has 2 aromatic carbocycles. The van der Waals surface area contributed by atoms with Crippen LogP contribution in [0.25, 0.3) is 10.9 Å². The molecule has 0 saturated carbocycles. The van der Waals surface area contributed by atoms with Crippen molar-refractivity contribution in [2.75, 3.05) is 64.8 Å². The van der Waals surface area contributed by atoms with Crippen molar-refractivity contribution in [1.82, 2.24) is 25.1 Å². The number of ether oxygens (including phenoxy) is 1. The SMILES string of the molecule is CN1CCN(CCOc2cc3ncnc(Nc4ccc(Cl)c(Cl)c4F)c3cc2C2CNC2)CC1. The van der Waals surface area contributed by atoms with Crippen LogP contribution in [0.1, 0.15) is 11.5 Å². The molecule has 0 unspecified atom stereocenters. The molecule has 2 saturated heterocycles. The van der Waals surface area contributed by atoms with Gasteiger partial charge in [-0.05, 0) is 25.2 Å². The van der Waals surface area contributed by atoms with Crippen LogP contribution >= 0.6 is 23.2 Å². The second-order valence-corrected chi connectivity index (χ2v) is 9.61. The van der Waals surface area contributed by atoms with Crippen LogP contribution in [0.4, 0.5) is 15.9 Å². The maximum Gasteiger partial charge on any atom is 0.166 e. The average molecular weight is 505 g/mol. The normalized spacial score (nSPS) is 17.6. The number of rotatable bonds is 7. The second-order valence-electron chi connectivity index (χ2n) is 8.83. The van der Waals surface area contributed by atoms with E-state index in [1.807, 2.05) is 6.07 Å². The van der Waals surface area contributed by atoms with E-state index >= 15 is 0 Å². The van der Waals surface area contributed by atoms with Crippen molar-refractivity contribution in [3.63, 3.8) is 0 Å². The molecule has 34 heavy (non-hydrogen) atoms. The Kier molecular flexibility index (Phi) is 7.04. The molecular weight excluding hydrogens is 478 g/mol. The van der Waals surface area contributed by atoms with Gasteiger partial charge in [-0.1, -0.05) is 23.2 Å². The molecule has 0 aliphatic carbocycles. The van der Waals surface area contributed by atoms with E-state index in [2.05, 4.69) is 43.5 Å². The van der Waals surface area contributed by atoms with Gasteiger partial charge in [-0.25, -0.2) is 14.4 Å². The minimum Gasteiger partial charge on any atom is -0.492 e. The largest absolute Gasteiger partial charge is 0.492 e. The summed E-state index contributed by atoms with van der Waals surface area (Å²) < 4.78 is 20.9. The van der Waals surface area contributed by atoms with Crippen LogP contribution < -0.4 is 15.4 Å². The summed E-state index contributed by atoms with van der Waals surface area (Å²) in [5.74, 6) is 1.07. The van der Waals surface area contributed by atoms with Gasteiger partial charge in [0, 0.05) is 68.7 Å². The third kappa shape index (κ3) is 4.92. The van der Waals surface area contributed by atoms with Crippen LogP contribution in [0.5, 0.6) is 5.75 Å². The predicted molar refractivity (Wildman–Crippen MR) is 134 cm³/mol. The molecule has 3 aromatic rings. The molecule has 0 spiro atoms. The van der Waals surface area contributed by atoms with Crippen molar-refractivity contribution < 1.29 is 9.13 Å². The van der Waals surface area contributed by atoms with Crippen molar-refractivity contribution in [1.29, 1.82) is 0 Å². The maximum atomic E-state index is 14.6. The summed E-state index contributed by atoms with van der Waals surface area (Å²) in [4.78, 5) is 13.6. The van der Waals surface area contributed by atoms with Gasteiger partial charge in [-0.15, -0.1) is 0 Å². The molecule has 0 bridgehead atoms. The number of nitrogens with zero attached hydrogens (tertiary/aromatic N) is 4. The number of halogens is 3. The van der Waals surface area contributed by atoms with Gasteiger partial charge in [-0.2, -0.15) is 0 Å². The second kappa shape index (κ2) is 10.2. The first-order chi connectivity index (χ1) is 16.5. The fraction of sp³-hybridized carbons (Fsp3) is 0.417. The number of aromatic nitrogens is 2. The summed E-state index contributed by atoms with van der Waals surface area (Å²) in [5.41, 5.74) is 2.04. The highest BCUT2D eigenvalue weighted by Crippen LogP contribution is 2.37. The van der Waals surface area contributed by atoms with Gasteiger partial charge in [0.2, 0.25) is 0 Å². The Hall–Kier alpha value is -2.23. The smallest absolute Gasteiger partial charge is 0.166 e. The Morgan fingerprint density at radius 2 is 1.94 bits per heavy atom. The topological polar surface area (TPSA) is 65.5 Å². The summed E-state index contributed by atoms with van der Waals surface area (Å²) in [7, 11) is 2.16. The van der Waals surface area contributed by atoms with Crippen molar-refractivity contribution in [2.24, 2.45) is 0 Å². The van der Waals surface area contributed by atoms with Crippen LogP contribution in [0.2, 0.25) is 10.0 Å². The van der Waals surface area contributed by atoms with Crippen LogP contribution in [-0.2, 0) is 0 Å². The van der Waals surface area contributed by atoms with E-state index in [4.69, 9.17) is 27.9 Å². The van der Waals surface area contributed by atoms with Gasteiger partial charge in [0.05, 0.1) is 21.2 Å². The van der Waals surface area contributed by atoms with Crippen molar-refractivity contribution >= 4 is 45.6 Å². The van der Waals surface area contributed by atoms with Crippen LogP contribution in [0.3, 0.4) is 0 Å². The first kappa shape index (κ1) is 23.5. The van der Waals surface area contributed by atoms with E-state index in [0.717, 1.165) is 68.0 Å². The zero-order valence-corrected chi connectivity index (χ0v) is 20.5. The number of fused-ring (bicyclic) bond motifs is 1. The molecule has 2 aliphatic rings. The number of benzene rings is 2. The fourth-order valence-electron chi connectivity index (χ4n) is 4.26. The van der Waals surface area contributed by atoms with E-state index in [1.54, 1.807) is 12.1 Å². The molecule has 5 rings (SSSR count). The molecule has 2 fully saturated rings. The highest BCUT2D eigenvalue weighted by molar-refractivity contribution is 6.42. The molecular formula is C24H27Cl2FN6O. The highest BCUT2D eigenvalue weighted by Gasteiger charge is 2.25. The number of likely N-dealkylation sites (N-methyl/N-ethyl adjacent to an activating group) is 1. The van der Waals surface area contributed by atoms with Crippen LogP contribution in [0, 0.1) is 5.82 Å². The summed E-state index contributed by atoms with van der Waals surface area (Å²) in [6, 6.07) is 7.12. The van der Waals surface area contributed by atoms with Crippen LogP contribution in [-0.4, -0.2) is 79.2 Å². The minimum absolute atomic E-state index is 0.123. The number of nitrogens with one attached hydrogen (secondary N) is 2. The first-order valence-electron chi connectivity index (χ1n) is 11.4. The number of hydrogen-bond donors (Lipinski definition) is 2. The van der Waals surface area contributed by atoms with Gasteiger partial charge in [0.1, 0.15) is 24.5 Å². The Balaban J connectivity index is 1.40. The molecule has 0 radical (unpaired) electrons. The monoisotopic (exact) mass is 504 g/mol. The predicted octanol–water partition coefficient (Wildman–Crippen LogP) is 4.13. The van der Waals surface area contributed by atoms with Crippen molar-refractivity contribution in [2.45, 2.75) is 5.92 Å². The number of piperazine rings is 1. The van der Waals surface area contributed by atoms with E-state index in [0.29, 0.717) is 18.3 Å². The molecule has 7 nitrogen and oxygen atoms in total. The average Bonchev–Trinajstić information content (AvgIpc) is 2.80. The Labute approximate surface area is 208 Å². The number of anilines is 2. The highest BCUT2D eigenvalue weighted by atomic mass is 35.5. The summed E-state index contributed by atoms with van der Waals surface area (Å²) in [6.07, 6.45) is 1.46. The molecule has 2 N–H and O–H groups in total.